The van der Waals surface area contributed by atoms with Crippen LogP contribution in [0.1, 0.15) is 12.8 Å². The molecule has 0 N–H and O–H groups in total. The quantitative estimate of drug-likeness (QED) is 0.763. The molecule has 3 heterocycles. The van der Waals surface area contributed by atoms with Crippen molar-refractivity contribution in [3.05, 3.63) is 24.3 Å². The van der Waals surface area contributed by atoms with Crippen molar-refractivity contribution in [2.45, 2.75) is 18.9 Å². The van der Waals surface area contributed by atoms with E-state index in [9.17, 15) is 8.42 Å². The van der Waals surface area contributed by atoms with E-state index in [1.54, 1.807) is 0 Å². The Morgan fingerprint density at radius 1 is 1.28 bits per heavy atom. The first-order valence-corrected chi connectivity index (χ1v) is 10.5. The van der Waals surface area contributed by atoms with Crippen LogP contribution < -0.4 is 4.90 Å². The van der Waals surface area contributed by atoms with Gasteiger partial charge in [-0.05, 0) is 37.4 Å². The lowest BCUT2D eigenvalue weighted by molar-refractivity contribution is 0.0794. The first kappa shape index (κ1) is 16.8. The van der Waals surface area contributed by atoms with Crippen LogP contribution in [0.15, 0.2) is 28.8 Å². The molecule has 0 spiro atoms. The Morgan fingerprint density at radius 3 is 2.96 bits per heavy atom. The highest BCUT2D eigenvalue weighted by Gasteiger charge is 2.34. The van der Waals surface area contributed by atoms with E-state index in [-0.39, 0.29) is 12.5 Å². The van der Waals surface area contributed by atoms with Crippen LogP contribution in [-0.4, -0.2) is 63.6 Å². The van der Waals surface area contributed by atoms with E-state index in [0.717, 1.165) is 62.1 Å². The van der Waals surface area contributed by atoms with Crippen molar-refractivity contribution < 1.29 is 17.1 Å². The Morgan fingerprint density at radius 2 is 2.12 bits per heavy atom. The van der Waals surface area contributed by atoms with E-state index in [0.29, 0.717) is 6.04 Å². The summed E-state index contributed by atoms with van der Waals surface area (Å²) in [6, 6.07) is 8.31. The van der Waals surface area contributed by atoms with Gasteiger partial charge in [-0.1, -0.05) is 17.3 Å². The Hall–Kier alpha value is -1.64. The summed E-state index contributed by atoms with van der Waals surface area (Å²) in [6.07, 6.45) is 3.04. The van der Waals surface area contributed by atoms with Crippen molar-refractivity contribution in [1.29, 1.82) is 0 Å². The molecule has 2 aromatic rings. The highest BCUT2D eigenvalue weighted by Crippen LogP contribution is 2.31. The van der Waals surface area contributed by atoms with E-state index in [2.05, 4.69) is 15.0 Å². The molecular weight excluding hydrogens is 342 g/mol. The number of hydrogen-bond acceptors (Lipinski definition) is 7. The highest BCUT2D eigenvalue weighted by molar-refractivity contribution is 7.85. The van der Waals surface area contributed by atoms with E-state index < -0.39 is 10.1 Å². The lowest BCUT2D eigenvalue weighted by Crippen LogP contribution is -2.56. The zero-order valence-electron chi connectivity index (χ0n) is 14.3. The minimum absolute atomic E-state index is 0.282. The minimum atomic E-state index is -3.37. The molecular formula is C17H23N3O4S. The molecule has 2 aliphatic heterocycles. The Labute approximate surface area is 147 Å². The second-order valence-electron chi connectivity index (χ2n) is 7.02. The van der Waals surface area contributed by atoms with Gasteiger partial charge in [-0.15, -0.1) is 0 Å². The van der Waals surface area contributed by atoms with Crippen LogP contribution >= 0.6 is 0 Å². The number of aromatic nitrogens is 1. The van der Waals surface area contributed by atoms with Crippen LogP contribution in [0.25, 0.3) is 11.0 Å². The summed E-state index contributed by atoms with van der Waals surface area (Å²) in [5.74, 6) is 1.19. The SMILES string of the molecule is CS(=O)(=O)OCC1CCN2CCN(c3noc4ccccc34)CC2C1. The number of rotatable bonds is 4. The van der Waals surface area contributed by atoms with Gasteiger partial charge in [0, 0.05) is 25.7 Å². The molecule has 8 heteroatoms. The Kier molecular flexibility index (Phi) is 4.43. The van der Waals surface area contributed by atoms with Gasteiger partial charge in [-0.25, -0.2) is 0 Å². The fourth-order valence-corrected chi connectivity index (χ4v) is 4.37. The van der Waals surface area contributed by atoms with E-state index in [4.69, 9.17) is 8.71 Å². The van der Waals surface area contributed by atoms with E-state index in [1.807, 2.05) is 24.3 Å². The van der Waals surface area contributed by atoms with Crippen molar-refractivity contribution in [3.63, 3.8) is 0 Å². The molecule has 136 valence electrons. The topological polar surface area (TPSA) is 75.9 Å². The van der Waals surface area contributed by atoms with Gasteiger partial charge in [-0.2, -0.15) is 8.42 Å². The molecule has 0 bridgehead atoms. The fraction of sp³-hybridized carbons (Fsp3) is 0.588. The summed E-state index contributed by atoms with van der Waals surface area (Å²) >= 11 is 0. The van der Waals surface area contributed by atoms with Gasteiger partial charge in [0.2, 0.25) is 0 Å². The molecule has 1 aromatic carbocycles. The summed E-state index contributed by atoms with van der Waals surface area (Å²) in [5, 5.41) is 5.32. The molecule has 0 aliphatic carbocycles. The van der Waals surface area contributed by atoms with Crippen LogP contribution in [0.3, 0.4) is 0 Å². The van der Waals surface area contributed by atoms with Crippen LogP contribution in [0, 0.1) is 5.92 Å². The highest BCUT2D eigenvalue weighted by atomic mass is 32.2. The summed E-state index contributed by atoms with van der Waals surface area (Å²) in [4.78, 5) is 4.78. The van der Waals surface area contributed by atoms with Gasteiger partial charge in [0.1, 0.15) is 0 Å². The minimum Gasteiger partial charge on any atom is -0.354 e. The third kappa shape index (κ3) is 3.65. The number of para-hydroxylation sites is 1. The summed E-state index contributed by atoms with van der Waals surface area (Å²) in [6.45, 7) is 4.08. The van der Waals surface area contributed by atoms with E-state index in [1.165, 1.54) is 0 Å². The summed E-state index contributed by atoms with van der Waals surface area (Å²) in [7, 11) is -3.37. The van der Waals surface area contributed by atoms with Crippen molar-refractivity contribution in [2.24, 2.45) is 5.92 Å². The molecule has 25 heavy (non-hydrogen) atoms. The van der Waals surface area contributed by atoms with Crippen molar-refractivity contribution >= 4 is 26.9 Å². The lowest BCUT2D eigenvalue weighted by Gasteiger charge is -2.46. The van der Waals surface area contributed by atoms with Gasteiger partial charge >= 0.3 is 0 Å². The first-order chi connectivity index (χ1) is 12.0. The number of hydrogen-bond donors (Lipinski definition) is 0. The van der Waals surface area contributed by atoms with Gasteiger partial charge in [0.15, 0.2) is 11.4 Å². The molecule has 2 saturated heterocycles. The maximum atomic E-state index is 11.2. The predicted octanol–water partition coefficient (Wildman–Crippen LogP) is 1.70. The Balaban J connectivity index is 1.45. The maximum Gasteiger partial charge on any atom is 0.264 e. The predicted molar refractivity (Wildman–Crippen MR) is 95.1 cm³/mol. The number of nitrogens with zero attached hydrogens (tertiary/aromatic N) is 3. The molecule has 2 aliphatic rings. The number of piperidine rings is 1. The van der Waals surface area contributed by atoms with Crippen LogP contribution in [0.2, 0.25) is 0 Å². The maximum absolute atomic E-state index is 11.2. The average molecular weight is 365 g/mol. The van der Waals surface area contributed by atoms with Crippen molar-refractivity contribution in [2.75, 3.05) is 43.9 Å². The fourth-order valence-electron chi connectivity index (χ4n) is 3.93. The zero-order valence-corrected chi connectivity index (χ0v) is 15.1. The standard InChI is InChI=1S/C17H23N3O4S/c1-25(21,22)23-12-13-6-7-19-8-9-20(11-14(19)10-13)17-15-4-2-3-5-16(15)24-18-17/h2-5,13-14H,6-12H2,1H3. The van der Waals surface area contributed by atoms with Gasteiger partial charge in [0.05, 0.1) is 18.2 Å². The molecule has 1 aromatic heterocycles. The van der Waals surface area contributed by atoms with Gasteiger partial charge < -0.3 is 9.42 Å². The molecule has 4 rings (SSSR count). The average Bonchev–Trinajstić information content (AvgIpc) is 3.03. The normalized spacial score (nSPS) is 25.2. The second-order valence-corrected chi connectivity index (χ2v) is 8.66. The van der Waals surface area contributed by atoms with Crippen LogP contribution in [0.5, 0.6) is 0 Å². The largest absolute Gasteiger partial charge is 0.354 e. The number of piperazine rings is 1. The third-order valence-corrected chi connectivity index (χ3v) is 5.77. The van der Waals surface area contributed by atoms with Crippen molar-refractivity contribution in [3.8, 4) is 0 Å². The molecule has 7 nitrogen and oxygen atoms in total. The smallest absolute Gasteiger partial charge is 0.264 e. The second kappa shape index (κ2) is 6.59. The number of fused-ring (bicyclic) bond motifs is 2. The first-order valence-electron chi connectivity index (χ1n) is 8.67. The van der Waals surface area contributed by atoms with Crippen LogP contribution in [-0.2, 0) is 14.3 Å². The molecule has 2 unspecified atom stereocenters. The number of benzene rings is 1. The Bertz CT molecular complexity index is 850. The van der Waals surface area contributed by atoms with Gasteiger partial charge in [0.25, 0.3) is 10.1 Å². The van der Waals surface area contributed by atoms with Crippen molar-refractivity contribution in [1.82, 2.24) is 10.1 Å². The van der Waals surface area contributed by atoms with Crippen LogP contribution in [0.4, 0.5) is 5.82 Å². The molecule has 2 fully saturated rings. The molecule has 0 amide bonds. The third-order valence-electron chi connectivity index (χ3n) is 5.21. The summed E-state index contributed by atoms with van der Waals surface area (Å²) < 4.78 is 32.9. The van der Waals surface area contributed by atoms with E-state index >= 15 is 0 Å². The number of anilines is 1. The zero-order chi connectivity index (χ0) is 17.4. The monoisotopic (exact) mass is 365 g/mol. The summed E-state index contributed by atoms with van der Waals surface area (Å²) in [5.41, 5.74) is 0.808. The lowest BCUT2D eigenvalue weighted by atomic mass is 9.90. The molecule has 0 saturated carbocycles. The van der Waals surface area contributed by atoms with Gasteiger partial charge in [-0.3, -0.25) is 9.08 Å². The molecule has 0 radical (unpaired) electrons. The molecule has 2 atom stereocenters.